The number of amides is 1. The minimum Gasteiger partial charge on any atom is -0.496 e. The Kier molecular flexibility index (Phi) is 4.57. The lowest BCUT2D eigenvalue weighted by Crippen LogP contribution is -2.24. The minimum atomic E-state index is -1.13. The number of aromatic carboxylic acids is 1. The normalized spacial score (nSPS) is 11.7. The number of carboxylic acids is 1. The van der Waals surface area contributed by atoms with Crippen molar-refractivity contribution in [1.82, 2.24) is 10.2 Å². The van der Waals surface area contributed by atoms with E-state index in [2.05, 4.69) is 10.2 Å². The Balaban J connectivity index is 2.61. The molecule has 0 fully saturated rings. The number of benzene rings is 1. The molecule has 0 spiro atoms. The summed E-state index contributed by atoms with van der Waals surface area (Å²) in [7, 11) is 1.41. The van der Waals surface area contributed by atoms with E-state index >= 15 is 0 Å². The molecule has 7 nitrogen and oxygen atoms in total. The summed E-state index contributed by atoms with van der Waals surface area (Å²) in [6.07, 6.45) is 0. The van der Waals surface area contributed by atoms with E-state index in [1.165, 1.54) is 37.4 Å². The molecule has 3 N–H and O–H groups in total. The Bertz CT molecular complexity index is 719. The van der Waals surface area contributed by atoms with Crippen molar-refractivity contribution in [2.45, 2.75) is 5.92 Å². The highest BCUT2D eigenvalue weighted by Crippen LogP contribution is 2.32. The number of halogens is 1. The van der Waals surface area contributed by atoms with E-state index < -0.39 is 17.8 Å². The highest BCUT2D eigenvalue weighted by atomic mass is 35.5. The molecule has 0 saturated carbocycles. The number of hydrogen-bond donors (Lipinski definition) is 2. The number of carbonyl (C=O) groups is 2. The van der Waals surface area contributed by atoms with Gasteiger partial charge in [-0.25, -0.2) is 4.79 Å². The van der Waals surface area contributed by atoms with Gasteiger partial charge in [0.15, 0.2) is 5.15 Å². The maximum Gasteiger partial charge on any atom is 0.335 e. The molecule has 0 saturated heterocycles. The van der Waals surface area contributed by atoms with Gasteiger partial charge >= 0.3 is 5.97 Å². The molecule has 114 valence electrons. The fraction of sp³-hybridized carbons (Fsp3) is 0.143. The maximum atomic E-state index is 11.9. The van der Waals surface area contributed by atoms with Crippen molar-refractivity contribution in [2.75, 3.05) is 7.11 Å². The topological polar surface area (TPSA) is 115 Å². The van der Waals surface area contributed by atoms with Crippen LogP contribution in [-0.2, 0) is 4.79 Å². The fourth-order valence-corrected chi connectivity index (χ4v) is 2.13. The molecule has 22 heavy (non-hydrogen) atoms. The molecule has 1 unspecified atom stereocenters. The number of aromatic nitrogens is 2. The van der Waals surface area contributed by atoms with E-state index in [0.717, 1.165) is 0 Å². The van der Waals surface area contributed by atoms with Crippen LogP contribution in [0.3, 0.4) is 0 Å². The number of rotatable bonds is 5. The van der Waals surface area contributed by atoms with Crippen LogP contribution in [0.1, 0.15) is 27.5 Å². The van der Waals surface area contributed by atoms with Crippen molar-refractivity contribution < 1.29 is 19.4 Å². The molecule has 0 bridgehead atoms. The molecular formula is C14H12ClN3O4. The lowest BCUT2D eigenvalue weighted by molar-refractivity contribution is -0.118. The van der Waals surface area contributed by atoms with E-state index in [1.54, 1.807) is 0 Å². The van der Waals surface area contributed by atoms with Gasteiger partial charge in [0.05, 0.1) is 18.4 Å². The van der Waals surface area contributed by atoms with Gasteiger partial charge in [-0.15, -0.1) is 5.10 Å². The summed E-state index contributed by atoms with van der Waals surface area (Å²) < 4.78 is 5.18. The Morgan fingerprint density at radius 2 is 2.00 bits per heavy atom. The van der Waals surface area contributed by atoms with Gasteiger partial charge in [0, 0.05) is 5.56 Å². The number of hydrogen-bond acceptors (Lipinski definition) is 5. The molecule has 1 amide bonds. The average Bonchev–Trinajstić information content (AvgIpc) is 2.49. The van der Waals surface area contributed by atoms with Gasteiger partial charge in [0.25, 0.3) is 0 Å². The molecule has 0 aliphatic carbocycles. The van der Waals surface area contributed by atoms with Gasteiger partial charge in [-0.2, -0.15) is 5.10 Å². The van der Waals surface area contributed by atoms with Crippen LogP contribution >= 0.6 is 11.6 Å². The smallest absolute Gasteiger partial charge is 0.335 e. The second kappa shape index (κ2) is 6.40. The summed E-state index contributed by atoms with van der Waals surface area (Å²) in [6.45, 7) is 0. The van der Waals surface area contributed by atoms with Crippen LogP contribution in [0.15, 0.2) is 30.3 Å². The molecule has 8 heteroatoms. The standard InChI is InChI=1S/C14H12ClN3O4/c1-22-10-4-2-7(14(20)21)6-8(10)12(13(16)19)9-3-5-11(15)18-17-9/h2-6,12H,1H3,(H2,16,19)(H,20,21). The van der Waals surface area contributed by atoms with Gasteiger partial charge in [-0.05, 0) is 30.3 Å². The van der Waals surface area contributed by atoms with Crippen LogP contribution < -0.4 is 10.5 Å². The van der Waals surface area contributed by atoms with Gasteiger partial charge in [-0.1, -0.05) is 11.6 Å². The molecule has 1 heterocycles. The monoisotopic (exact) mass is 321 g/mol. The van der Waals surface area contributed by atoms with Crippen molar-refractivity contribution in [3.05, 3.63) is 52.3 Å². The predicted octanol–water partition coefficient (Wildman–Crippen LogP) is 1.45. The zero-order valence-electron chi connectivity index (χ0n) is 11.5. The molecule has 2 rings (SSSR count). The summed E-state index contributed by atoms with van der Waals surface area (Å²) in [5.74, 6) is -2.52. The first-order valence-corrected chi connectivity index (χ1v) is 6.51. The van der Waals surface area contributed by atoms with Crippen LogP contribution in [-0.4, -0.2) is 34.3 Å². The first-order chi connectivity index (χ1) is 10.4. The number of carboxylic acid groups (broad SMARTS) is 1. The predicted molar refractivity (Wildman–Crippen MR) is 78.0 cm³/mol. The molecular weight excluding hydrogens is 310 g/mol. The molecule has 1 aromatic carbocycles. The summed E-state index contributed by atoms with van der Waals surface area (Å²) >= 11 is 5.68. The van der Waals surface area contributed by atoms with E-state index in [9.17, 15) is 9.59 Å². The van der Waals surface area contributed by atoms with Crippen LogP contribution in [0.5, 0.6) is 5.75 Å². The molecule has 0 radical (unpaired) electrons. The number of primary amides is 1. The fourth-order valence-electron chi connectivity index (χ4n) is 2.03. The Hall–Kier alpha value is -2.67. The van der Waals surface area contributed by atoms with Crippen LogP contribution in [0.25, 0.3) is 0 Å². The van der Waals surface area contributed by atoms with E-state index in [-0.39, 0.29) is 16.4 Å². The maximum absolute atomic E-state index is 11.9. The van der Waals surface area contributed by atoms with Gasteiger partial charge in [0.2, 0.25) is 5.91 Å². The third-order valence-electron chi connectivity index (χ3n) is 3.02. The lowest BCUT2D eigenvalue weighted by Gasteiger charge is -2.16. The highest BCUT2D eigenvalue weighted by molar-refractivity contribution is 6.29. The third-order valence-corrected chi connectivity index (χ3v) is 3.22. The average molecular weight is 322 g/mol. The third kappa shape index (κ3) is 3.15. The molecule has 0 aliphatic heterocycles. The largest absolute Gasteiger partial charge is 0.496 e. The van der Waals surface area contributed by atoms with Gasteiger partial charge in [0.1, 0.15) is 11.7 Å². The van der Waals surface area contributed by atoms with Gasteiger partial charge < -0.3 is 15.6 Å². The molecule has 1 aromatic heterocycles. The molecule has 1 atom stereocenters. The van der Waals surface area contributed by atoms with Crippen molar-refractivity contribution in [2.24, 2.45) is 5.73 Å². The zero-order valence-corrected chi connectivity index (χ0v) is 12.2. The Morgan fingerprint density at radius 1 is 1.27 bits per heavy atom. The van der Waals surface area contributed by atoms with Crippen molar-refractivity contribution in [3.63, 3.8) is 0 Å². The number of nitrogens with two attached hydrogens (primary N) is 1. The van der Waals surface area contributed by atoms with E-state index in [0.29, 0.717) is 11.3 Å². The number of nitrogens with zero attached hydrogens (tertiary/aromatic N) is 2. The highest BCUT2D eigenvalue weighted by Gasteiger charge is 2.26. The SMILES string of the molecule is COc1ccc(C(=O)O)cc1C(C(N)=O)c1ccc(Cl)nn1. The van der Waals surface area contributed by atoms with E-state index in [4.69, 9.17) is 27.2 Å². The first kappa shape index (κ1) is 15.7. The molecule has 2 aromatic rings. The Labute approximate surface area is 130 Å². The second-order valence-electron chi connectivity index (χ2n) is 4.38. The van der Waals surface area contributed by atoms with E-state index in [1.807, 2.05) is 0 Å². The number of ether oxygens (including phenoxy) is 1. The van der Waals surface area contributed by atoms with Crippen LogP contribution in [0, 0.1) is 0 Å². The van der Waals surface area contributed by atoms with Crippen LogP contribution in [0.2, 0.25) is 5.15 Å². The van der Waals surface area contributed by atoms with Crippen molar-refractivity contribution in [3.8, 4) is 5.75 Å². The van der Waals surface area contributed by atoms with Crippen molar-refractivity contribution in [1.29, 1.82) is 0 Å². The minimum absolute atomic E-state index is 0.00368. The molecule has 0 aliphatic rings. The van der Waals surface area contributed by atoms with Crippen molar-refractivity contribution >= 4 is 23.5 Å². The summed E-state index contributed by atoms with van der Waals surface area (Å²) in [6, 6.07) is 7.12. The van der Waals surface area contributed by atoms with Gasteiger partial charge in [-0.3, -0.25) is 4.79 Å². The quantitative estimate of drug-likeness (QED) is 0.861. The summed E-state index contributed by atoms with van der Waals surface area (Å²) in [5.41, 5.74) is 6.00. The van der Waals surface area contributed by atoms with Crippen LogP contribution in [0.4, 0.5) is 0 Å². The zero-order chi connectivity index (χ0) is 16.3. The number of methoxy groups -OCH3 is 1. The second-order valence-corrected chi connectivity index (χ2v) is 4.77. The Morgan fingerprint density at radius 3 is 2.50 bits per heavy atom. The first-order valence-electron chi connectivity index (χ1n) is 6.13. The lowest BCUT2D eigenvalue weighted by atomic mass is 9.92. The summed E-state index contributed by atoms with van der Waals surface area (Å²) in [4.78, 5) is 23.0. The number of carbonyl (C=O) groups excluding carboxylic acids is 1. The summed E-state index contributed by atoms with van der Waals surface area (Å²) in [5, 5.41) is 16.8.